The predicted octanol–water partition coefficient (Wildman–Crippen LogP) is -1.18. The van der Waals surface area contributed by atoms with Gasteiger partial charge in [0.2, 0.25) is 5.91 Å². The molecular weight excluding hydrogens is 200 g/mol. The SMILES string of the molecule is NC1(CC(=O)N[C@@H](CO)C(=O)O)CCC1. The first-order valence-corrected chi connectivity index (χ1v) is 4.89. The Kier molecular flexibility index (Phi) is 3.65. The highest BCUT2D eigenvalue weighted by molar-refractivity contribution is 5.84. The van der Waals surface area contributed by atoms with Crippen LogP contribution in [0.5, 0.6) is 0 Å². The van der Waals surface area contributed by atoms with Crippen LogP contribution in [0.1, 0.15) is 25.7 Å². The highest BCUT2D eigenvalue weighted by atomic mass is 16.4. The lowest BCUT2D eigenvalue weighted by atomic mass is 9.75. The second-order valence-electron chi connectivity index (χ2n) is 4.03. The van der Waals surface area contributed by atoms with E-state index in [1.54, 1.807) is 0 Å². The number of hydrogen-bond donors (Lipinski definition) is 4. The number of amides is 1. The molecule has 0 aromatic carbocycles. The standard InChI is InChI=1S/C9H16N2O4/c10-9(2-1-3-9)4-7(13)11-6(5-12)8(14)15/h6,12H,1-5,10H2,(H,11,13)(H,14,15)/t6-/m0/s1. The molecule has 0 saturated heterocycles. The molecule has 86 valence electrons. The van der Waals surface area contributed by atoms with Crippen molar-refractivity contribution in [1.82, 2.24) is 5.32 Å². The second-order valence-corrected chi connectivity index (χ2v) is 4.03. The van der Waals surface area contributed by atoms with Crippen molar-refractivity contribution in [2.24, 2.45) is 5.73 Å². The fraction of sp³-hybridized carbons (Fsp3) is 0.778. The van der Waals surface area contributed by atoms with E-state index < -0.39 is 30.1 Å². The molecule has 0 aromatic heterocycles. The average Bonchev–Trinajstić information content (AvgIpc) is 2.11. The molecule has 0 radical (unpaired) electrons. The molecule has 1 rings (SSSR count). The maximum absolute atomic E-state index is 11.4. The Labute approximate surface area is 87.5 Å². The quantitative estimate of drug-likeness (QED) is 0.462. The van der Waals surface area contributed by atoms with Gasteiger partial charge in [0.05, 0.1) is 6.61 Å². The van der Waals surface area contributed by atoms with Gasteiger partial charge in [0.15, 0.2) is 0 Å². The Bertz CT molecular complexity index is 263. The first-order valence-electron chi connectivity index (χ1n) is 4.89. The average molecular weight is 216 g/mol. The summed E-state index contributed by atoms with van der Waals surface area (Å²) >= 11 is 0. The summed E-state index contributed by atoms with van der Waals surface area (Å²) in [6.07, 6.45) is 2.71. The summed E-state index contributed by atoms with van der Waals surface area (Å²) in [5.74, 6) is -1.66. The maximum Gasteiger partial charge on any atom is 0.328 e. The molecule has 1 aliphatic rings. The second kappa shape index (κ2) is 4.59. The summed E-state index contributed by atoms with van der Waals surface area (Å²) in [6, 6.07) is -1.24. The van der Waals surface area contributed by atoms with Crippen molar-refractivity contribution >= 4 is 11.9 Å². The van der Waals surface area contributed by atoms with E-state index in [0.717, 1.165) is 19.3 Å². The number of aliphatic carboxylic acids is 1. The Morgan fingerprint density at radius 2 is 2.07 bits per heavy atom. The van der Waals surface area contributed by atoms with Crippen LogP contribution < -0.4 is 11.1 Å². The molecule has 15 heavy (non-hydrogen) atoms. The van der Waals surface area contributed by atoms with E-state index in [4.69, 9.17) is 15.9 Å². The van der Waals surface area contributed by atoms with Crippen LogP contribution in [0, 0.1) is 0 Å². The fourth-order valence-corrected chi connectivity index (χ4v) is 1.56. The van der Waals surface area contributed by atoms with Crippen molar-refractivity contribution in [2.75, 3.05) is 6.61 Å². The van der Waals surface area contributed by atoms with Crippen LogP contribution in [0.25, 0.3) is 0 Å². The summed E-state index contributed by atoms with van der Waals surface area (Å²) in [5, 5.41) is 19.5. The number of carbonyl (C=O) groups excluding carboxylic acids is 1. The Morgan fingerprint density at radius 3 is 2.40 bits per heavy atom. The third-order valence-corrected chi connectivity index (χ3v) is 2.68. The van der Waals surface area contributed by atoms with Crippen molar-refractivity contribution < 1.29 is 19.8 Å². The molecule has 6 nitrogen and oxygen atoms in total. The van der Waals surface area contributed by atoms with Crippen molar-refractivity contribution in [3.63, 3.8) is 0 Å². The minimum Gasteiger partial charge on any atom is -0.480 e. The normalized spacial score (nSPS) is 20.1. The summed E-state index contributed by atoms with van der Waals surface area (Å²) in [4.78, 5) is 21.9. The Morgan fingerprint density at radius 1 is 1.47 bits per heavy atom. The van der Waals surface area contributed by atoms with E-state index in [-0.39, 0.29) is 6.42 Å². The molecule has 0 unspecified atom stereocenters. The molecule has 0 bridgehead atoms. The van der Waals surface area contributed by atoms with Gasteiger partial charge in [-0.2, -0.15) is 0 Å². The summed E-state index contributed by atoms with van der Waals surface area (Å²) < 4.78 is 0. The summed E-state index contributed by atoms with van der Waals surface area (Å²) in [6.45, 7) is -0.612. The van der Waals surface area contributed by atoms with Gasteiger partial charge in [-0.1, -0.05) is 0 Å². The van der Waals surface area contributed by atoms with E-state index >= 15 is 0 Å². The fourth-order valence-electron chi connectivity index (χ4n) is 1.56. The third-order valence-electron chi connectivity index (χ3n) is 2.68. The van der Waals surface area contributed by atoms with Crippen LogP contribution in [-0.4, -0.2) is 40.3 Å². The molecule has 0 spiro atoms. The smallest absolute Gasteiger partial charge is 0.328 e. The molecule has 0 aliphatic heterocycles. The van der Waals surface area contributed by atoms with E-state index in [0.29, 0.717) is 0 Å². The lowest BCUT2D eigenvalue weighted by molar-refractivity contribution is -0.143. The third kappa shape index (κ3) is 3.17. The highest BCUT2D eigenvalue weighted by Gasteiger charge is 2.35. The van der Waals surface area contributed by atoms with Crippen molar-refractivity contribution in [1.29, 1.82) is 0 Å². The minimum atomic E-state index is -1.24. The van der Waals surface area contributed by atoms with Gasteiger partial charge in [-0.05, 0) is 19.3 Å². The van der Waals surface area contributed by atoms with Gasteiger partial charge in [-0.3, -0.25) is 4.79 Å². The van der Waals surface area contributed by atoms with E-state index in [1.165, 1.54) is 0 Å². The number of carbonyl (C=O) groups is 2. The van der Waals surface area contributed by atoms with Crippen LogP contribution in [0.3, 0.4) is 0 Å². The lowest BCUT2D eigenvalue weighted by Gasteiger charge is -2.37. The zero-order valence-corrected chi connectivity index (χ0v) is 8.40. The van der Waals surface area contributed by atoms with Crippen molar-refractivity contribution in [2.45, 2.75) is 37.3 Å². The van der Waals surface area contributed by atoms with E-state index in [9.17, 15) is 9.59 Å². The van der Waals surface area contributed by atoms with Crippen molar-refractivity contribution in [3.05, 3.63) is 0 Å². The van der Waals surface area contributed by atoms with Gasteiger partial charge in [0, 0.05) is 12.0 Å². The highest BCUT2D eigenvalue weighted by Crippen LogP contribution is 2.31. The number of rotatable bonds is 5. The molecule has 0 aromatic rings. The monoisotopic (exact) mass is 216 g/mol. The van der Waals surface area contributed by atoms with Crippen LogP contribution in [-0.2, 0) is 9.59 Å². The number of carboxylic acid groups (broad SMARTS) is 1. The number of aliphatic hydroxyl groups excluding tert-OH is 1. The Hall–Kier alpha value is -1.14. The molecule has 1 amide bonds. The first-order chi connectivity index (χ1) is 6.97. The number of aliphatic hydroxyl groups is 1. The van der Waals surface area contributed by atoms with Crippen molar-refractivity contribution in [3.8, 4) is 0 Å². The predicted molar refractivity (Wildman–Crippen MR) is 52.0 cm³/mol. The molecule has 1 saturated carbocycles. The molecule has 6 heteroatoms. The molecule has 5 N–H and O–H groups in total. The van der Waals surface area contributed by atoms with E-state index in [1.807, 2.05) is 0 Å². The van der Waals surface area contributed by atoms with Crippen LogP contribution in [0.2, 0.25) is 0 Å². The van der Waals surface area contributed by atoms with Gasteiger partial charge in [0.25, 0.3) is 0 Å². The van der Waals surface area contributed by atoms with Gasteiger partial charge in [0.1, 0.15) is 6.04 Å². The largest absolute Gasteiger partial charge is 0.480 e. The first kappa shape index (κ1) is 11.9. The zero-order chi connectivity index (χ0) is 11.5. The maximum atomic E-state index is 11.4. The Balaban J connectivity index is 2.37. The number of nitrogens with two attached hydrogens (primary N) is 1. The lowest BCUT2D eigenvalue weighted by Crippen LogP contribution is -2.52. The topological polar surface area (TPSA) is 113 Å². The zero-order valence-electron chi connectivity index (χ0n) is 8.40. The van der Waals surface area contributed by atoms with Gasteiger partial charge < -0.3 is 21.3 Å². The van der Waals surface area contributed by atoms with Gasteiger partial charge in [-0.15, -0.1) is 0 Å². The molecule has 0 heterocycles. The minimum absolute atomic E-state index is 0.122. The molecule has 1 aliphatic carbocycles. The summed E-state index contributed by atoms with van der Waals surface area (Å²) in [5.41, 5.74) is 5.36. The summed E-state index contributed by atoms with van der Waals surface area (Å²) in [7, 11) is 0. The number of hydrogen-bond acceptors (Lipinski definition) is 4. The van der Waals surface area contributed by atoms with Gasteiger partial charge in [-0.25, -0.2) is 4.79 Å². The van der Waals surface area contributed by atoms with Gasteiger partial charge >= 0.3 is 5.97 Å². The molecule has 1 fully saturated rings. The molecule has 1 atom stereocenters. The van der Waals surface area contributed by atoms with Crippen LogP contribution in [0.4, 0.5) is 0 Å². The van der Waals surface area contributed by atoms with E-state index in [2.05, 4.69) is 5.32 Å². The van der Waals surface area contributed by atoms with Crippen LogP contribution >= 0.6 is 0 Å². The molecular formula is C9H16N2O4. The number of nitrogens with one attached hydrogen (secondary N) is 1. The number of carboxylic acids is 1. The van der Waals surface area contributed by atoms with Crippen LogP contribution in [0.15, 0.2) is 0 Å².